The van der Waals surface area contributed by atoms with Crippen LogP contribution in [0.25, 0.3) is 0 Å². The van der Waals surface area contributed by atoms with E-state index in [2.05, 4.69) is 10.2 Å². The normalized spacial score (nSPS) is 18.5. The van der Waals surface area contributed by atoms with E-state index in [-0.39, 0.29) is 18.4 Å². The Kier molecular flexibility index (Phi) is 5.78. The van der Waals surface area contributed by atoms with Gasteiger partial charge in [0.15, 0.2) is 0 Å². The molecule has 24 heavy (non-hydrogen) atoms. The van der Waals surface area contributed by atoms with E-state index in [1.807, 2.05) is 13.8 Å². The third-order valence-corrected chi connectivity index (χ3v) is 4.52. The highest BCUT2D eigenvalue weighted by Crippen LogP contribution is 2.43. The van der Waals surface area contributed by atoms with Crippen LogP contribution in [0.1, 0.15) is 31.0 Å². The van der Waals surface area contributed by atoms with E-state index >= 15 is 0 Å². The van der Waals surface area contributed by atoms with Crippen molar-refractivity contribution in [3.63, 3.8) is 0 Å². The Labute approximate surface area is 140 Å². The SMILES string of the molecule is COc1cc(C(F)(F)F)ccc1[C@@H](N1CCNCC1)C(C)(C)CO. The predicted molar refractivity (Wildman–Crippen MR) is 86.0 cm³/mol. The summed E-state index contributed by atoms with van der Waals surface area (Å²) in [6.45, 7) is 6.89. The summed E-state index contributed by atoms with van der Waals surface area (Å²) in [5.41, 5.74) is -0.583. The number of aliphatic hydroxyl groups excluding tert-OH is 1. The van der Waals surface area contributed by atoms with E-state index in [1.54, 1.807) is 0 Å². The Bertz CT molecular complexity index is 555. The van der Waals surface area contributed by atoms with Crippen molar-refractivity contribution in [2.24, 2.45) is 5.41 Å². The van der Waals surface area contributed by atoms with E-state index in [0.29, 0.717) is 5.56 Å². The summed E-state index contributed by atoms with van der Waals surface area (Å²) in [5.74, 6) is 0.204. The van der Waals surface area contributed by atoms with Gasteiger partial charge in [0, 0.05) is 49.8 Å². The van der Waals surface area contributed by atoms with Crippen LogP contribution in [-0.2, 0) is 6.18 Å². The van der Waals surface area contributed by atoms with Crippen LogP contribution in [0.3, 0.4) is 0 Å². The Balaban J connectivity index is 2.49. The fourth-order valence-electron chi connectivity index (χ4n) is 3.25. The van der Waals surface area contributed by atoms with Crippen molar-refractivity contribution in [2.45, 2.75) is 26.1 Å². The van der Waals surface area contributed by atoms with Gasteiger partial charge in [-0.1, -0.05) is 19.9 Å². The number of methoxy groups -OCH3 is 1. The monoisotopic (exact) mass is 346 g/mol. The zero-order valence-electron chi connectivity index (χ0n) is 14.3. The summed E-state index contributed by atoms with van der Waals surface area (Å²) in [5, 5.41) is 13.1. The van der Waals surface area contributed by atoms with Crippen LogP contribution in [0.2, 0.25) is 0 Å². The van der Waals surface area contributed by atoms with E-state index < -0.39 is 17.2 Å². The average molecular weight is 346 g/mol. The number of nitrogens with one attached hydrogen (secondary N) is 1. The Morgan fingerprint density at radius 3 is 2.38 bits per heavy atom. The molecule has 1 aromatic rings. The first kappa shape index (κ1) is 19.0. The standard InChI is InChI=1S/C17H25F3N2O2/c1-16(2,11-23)15(22-8-6-21-7-9-22)13-5-4-12(17(18,19)20)10-14(13)24-3/h4-5,10,15,21,23H,6-9,11H2,1-3H3/t15-/m1/s1. The van der Waals surface area contributed by atoms with Crippen LogP contribution in [0, 0.1) is 5.41 Å². The Morgan fingerprint density at radius 1 is 1.25 bits per heavy atom. The van der Waals surface area contributed by atoms with Crippen molar-refractivity contribution >= 4 is 0 Å². The minimum Gasteiger partial charge on any atom is -0.496 e. The number of alkyl halides is 3. The van der Waals surface area contributed by atoms with Crippen molar-refractivity contribution in [3.05, 3.63) is 29.3 Å². The van der Waals surface area contributed by atoms with Crippen molar-refractivity contribution in [2.75, 3.05) is 39.9 Å². The van der Waals surface area contributed by atoms with E-state index in [4.69, 9.17) is 4.74 Å². The molecule has 0 bridgehead atoms. The second kappa shape index (κ2) is 7.29. The van der Waals surface area contributed by atoms with Gasteiger partial charge in [0.2, 0.25) is 0 Å². The lowest BCUT2D eigenvalue weighted by molar-refractivity contribution is -0.137. The molecular weight excluding hydrogens is 321 g/mol. The van der Waals surface area contributed by atoms with Gasteiger partial charge in [-0.05, 0) is 12.1 Å². The fourth-order valence-corrected chi connectivity index (χ4v) is 3.25. The number of aliphatic hydroxyl groups is 1. The van der Waals surface area contributed by atoms with Gasteiger partial charge >= 0.3 is 6.18 Å². The largest absolute Gasteiger partial charge is 0.496 e. The molecule has 0 unspecified atom stereocenters. The average Bonchev–Trinajstić information content (AvgIpc) is 2.55. The number of ether oxygens (including phenoxy) is 1. The van der Waals surface area contributed by atoms with E-state index in [0.717, 1.165) is 38.3 Å². The molecule has 7 heteroatoms. The first-order chi connectivity index (χ1) is 11.2. The van der Waals surface area contributed by atoms with Crippen molar-refractivity contribution < 1.29 is 23.0 Å². The number of hydrogen-bond acceptors (Lipinski definition) is 4. The first-order valence-corrected chi connectivity index (χ1v) is 8.01. The second-order valence-electron chi connectivity index (χ2n) is 6.79. The number of benzene rings is 1. The minimum absolute atomic E-state index is 0.0776. The zero-order valence-corrected chi connectivity index (χ0v) is 14.3. The smallest absolute Gasteiger partial charge is 0.416 e. The van der Waals surface area contributed by atoms with Crippen LogP contribution in [0.5, 0.6) is 5.75 Å². The first-order valence-electron chi connectivity index (χ1n) is 8.01. The number of hydrogen-bond donors (Lipinski definition) is 2. The summed E-state index contributed by atoms with van der Waals surface area (Å²) in [6, 6.07) is 3.37. The minimum atomic E-state index is -4.41. The lowest BCUT2D eigenvalue weighted by Gasteiger charge is -2.44. The third kappa shape index (κ3) is 4.02. The van der Waals surface area contributed by atoms with Crippen LogP contribution < -0.4 is 10.1 Å². The molecule has 4 nitrogen and oxygen atoms in total. The number of piperazine rings is 1. The van der Waals surface area contributed by atoms with Gasteiger partial charge in [-0.3, -0.25) is 4.90 Å². The number of halogens is 3. The van der Waals surface area contributed by atoms with E-state index in [1.165, 1.54) is 13.2 Å². The van der Waals surface area contributed by atoms with Gasteiger partial charge in [-0.2, -0.15) is 13.2 Å². The summed E-state index contributed by atoms with van der Waals surface area (Å²) < 4.78 is 44.2. The second-order valence-corrected chi connectivity index (χ2v) is 6.79. The Morgan fingerprint density at radius 2 is 1.88 bits per heavy atom. The van der Waals surface area contributed by atoms with Gasteiger partial charge < -0.3 is 15.2 Å². The van der Waals surface area contributed by atoms with Crippen LogP contribution in [-0.4, -0.2) is 49.9 Å². The number of rotatable bonds is 5. The quantitative estimate of drug-likeness (QED) is 0.860. The lowest BCUT2D eigenvalue weighted by Crippen LogP contribution is -2.49. The maximum absolute atomic E-state index is 13.0. The maximum Gasteiger partial charge on any atom is 0.416 e. The zero-order chi connectivity index (χ0) is 18.0. The highest BCUT2D eigenvalue weighted by Gasteiger charge is 2.38. The molecule has 0 aliphatic carbocycles. The molecule has 1 aliphatic rings. The van der Waals surface area contributed by atoms with Crippen LogP contribution in [0.4, 0.5) is 13.2 Å². The summed E-state index contributed by atoms with van der Waals surface area (Å²) >= 11 is 0. The fraction of sp³-hybridized carbons (Fsp3) is 0.647. The molecule has 1 aromatic carbocycles. The maximum atomic E-state index is 13.0. The molecule has 1 heterocycles. The molecule has 0 spiro atoms. The molecule has 0 radical (unpaired) electrons. The third-order valence-electron chi connectivity index (χ3n) is 4.52. The van der Waals surface area contributed by atoms with Gasteiger partial charge in [-0.15, -0.1) is 0 Å². The number of nitrogens with zero attached hydrogens (tertiary/aromatic N) is 1. The van der Waals surface area contributed by atoms with Gasteiger partial charge in [0.1, 0.15) is 5.75 Å². The molecule has 1 atom stereocenters. The highest BCUT2D eigenvalue weighted by molar-refractivity contribution is 5.41. The van der Waals surface area contributed by atoms with E-state index in [9.17, 15) is 18.3 Å². The van der Waals surface area contributed by atoms with Gasteiger partial charge in [0.05, 0.1) is 12.7 Å². The van der Waals surface area contributed by atoms with Crippen molar-refractivity contribution in [1.82, 2.24) is 10.2 Å². The highest BCUT2D eigenvalue weighted by atomic mass is 19.4. The molecule has 1 aliphatic heterocycles. The van der Waals surface area contributed by atoms with Crippen molar-refractivity contribution in [3.8, 4) is 5.75 Å². The molecule has 136 valence electrons. The topological polar surface area (TPSA) is 44.7 Å². The van der Waals surface area contributed by atoms with Crippen LogP contribution >= 0.6 is 0 Å². The Hall–Kier alpha value is -1.31. The summed E-state index contributed by atoms with van der Waals surface area (Å²) in [6.07, 6.45) is -4.41. The molecule has 2 N–H and O–H groups in total. The summed E-state index contributed by atoms with van der Waals surface area (Å²) in [7, 11) is 1.37. The molecular formula is C17H25F3N2O2. The molecule has 1 saturated heterocycles. The van der Waals surface area contributed by atoms with Gasteiger partial charge in [0.25, 0.3) is 0 Å². The molecule has 0 aromatic heterocycles. The van der Waals surface area contributed by atoms with Gasteiger partial charge in [-0.25, -0.2) is 0 Å². The molecule has 0 amide bonds. The molecule has 0 saturated carbocycles. The predicted octanol–water partition coefficient (Wildman–Crippen LogP) is 2.68. The molecule has 1 fully saturated rings. The molecule has 2 rings (SSSR count). The lowest BCUT2D eigenvalue weighted by atomic mass is 9.79. The van der Waals surface area contributed by atoms with Crippen LogP contribution in [0.15, 0.2) is 18.2 Å². The summed E-state index contributed by atoms with van der Waals surface area (Å²) in [4.78, 5) is 2.19. The van der Waals surface area contributed by atoms with Crippen molar-refractivity contribution in [1.29, 1.82) is 0 Å².